The van der Waals surface area contributed by atoms with Gasteiger partial charge in [0.1, 0.15) is 11.6 Å². The number of nitrogens with zero attached hydrogens (tertiary/aromatic N) is 1. The lowest BCUT2D eigenvalue weighted by molar-refractivity contribution is -0.137. The fourth-order valence-electron chi connectivity index (χ4n) is 1.58. The summed E-state index contributed by atoms with van der Waals surface area (Å²) in [6.45, 7) is 0.132. The monoisotopic (exact) mass is 352 g/mol. The zero-order valence-electron chi connectivity index (χ0n) is 12.5. The smallest absolute Gasteiger partial charge is 0.303 e. The standard InChI is InChI=1S/C14H16N4O5S/c15-8-10(14(21)17-7-1-2-13(19)20)9-18-11-3-5-12(6-4-11)24(16,22)23/h3-6,9,18H,1-2,7H2,(H,17,21)(H,19,20)(H2,16,22,23)/b10-9-. The average Bonchev–Trinajstić information content (AvgIpc) is 2.51. The van der Waals surface area contributed by atoms with Crippen molar-refractivity contribution < 1.29 is 23.1 Å². The number of carboxylic acids is 1. The Bertz CT molecular complexity index is 778. The maximum absolute atomic E-state index is 11.7. The third-order valence-corrected chi connectivity index (χ3v) is 3.71. The summed E-state index contributed by atoms with van der Waals surface area (Å²) >= 11 is 0. The number of nitriles is 1. The first-order valence-corrected chi connectivity index (χ1v) is 8.28. The van der Waals surface area contributed by atoms with Crippen LogP contribution < -0.4 is 15.8 Å². The van der Waals surface area contributed by atoms with Crippen molar-refractivity contribution in [2.75, 3.05) is 11.9 Å². The predicted octanol–water partition coefficient (Wildman–Crippen LogP) is 0.134. The third kappa shape index (κ3) is 6.47. The van der Waals surface area contributed by atoms with E-state index < -0.39 is 21.9 Å². The van der Waals surface area contributed by atoms with Gasteiger partial charge in [-0.3, -0.25) is 9.59 Å². The lowest BCUT2D eigenvalue weighted by Gasteiger charge is -2.05. The zero-order valence-corrected chi connectivity index (χ0v) is 13.3. The molecule has 0 atom stereocenters. The second kappa shape index (κ2) is 8.66. The van der Waals surface area contributed by atoms with Crippen LogP contribution in [-0.2, 0) is 19.6 Å². The number of anilines is 1. The SMILES string of the molecule is N#C/C(=C/Nc1ccc(S(N)(=O)=O)cc1)C(=O)NCCCC(=O)O. The largest absolute Gasteiger partial charge is 0.481 e. The van der Waals surface area contributed by atoms with Crippen molar-refractivity contribution in [1.29, 1.82) is 5.26 Å². The van der Waals surface area contributed by atoms with E-state index >= 15 is 0 Å². The van der Waals surface area contributed by atoms with Gasteiger partial charge in [-0.1, -0.05) is 0 Å². The Hall–Kier alpha value is -2.90. The molecule has 1 amide bonds. The lowest BCUT2D eigenvalue weighted by Crippen LogP contribution is -2.26. The number of sulfonamides is 1. The van der Waals surface area contributed by atoms with Gasteiger partial charge >= 0.3 is 5.97 Å². The molecule has 5 N–H and O–H groups in total. The number of nitrogens with one attached hydrogen (secondary N) is 2. The van der Waals surface area contributed by atoms with Crippen molar-refractivity contribution in [1.82, 2.24) is 5.32 Å². The van der Waals surface area contributed by atoms with Crippen molar-refractivity contribution in [2.24, 2.45) is 5.14 Å². The van der Waals surface area contributed by atoms with E-state index in [4.69, 9.17) is 15.5 Å². The Labute approximate surface area is 138 Å². The highest BCUT2D eigenvalue weighted by molar-refractivity contribution is 7.89. The molecule has 0 aliphatic heterocycles. The third-order valence-electron chi connectivity index (χ3n) is 2.78. The predicted molar refractivity (Wildman–Crippen MR) is 85.0 cm³/mol. The summed E-state index contributed by atoms with van der Waals surface area (Å²) in [5.41, 5.74) is 0.245. The fourth-order valence-corrected chi connectivity index (χ4v) is 2.10. The van der Waals surface area contributed by atoms with Gasteiger partial charge in [-0.2, -0.15) is 5.26 Å². The van der Waals surface area contributed by atoms with E-state index in [0.29, 0.717) is 5.69 Å². The van der Waals surface area contributed by atoms with Crippen LogP contribution in [0.2, 0.25) is 0 Å². The number of nitrogens with two attached hydrogens (primary N) is 1. The van der Waals surface area contributed by atoms with E-state index in [0.717, 1.165) is 0 Å². The first kappa shape index (κ1) is 19.1. The van der Waals surface area contributed by atoms with E-state index in [2.05, 4.69) is 10.6 Å². The van der Waals surface area contributed by atoms with Crippen LogP contribution in [0.3, 0.4) is 0 Å². The molecule has 0 radical (unpaired) electrons. The van der Waals surface area contributed by atoms with E-state index in [9.17, 15) is 18.0 Å². The number of carbonyl (C=O) groups excluding carboxylic acids is 1. The molecule has 0 aliphatic rings. The zero-order chi connectivity index (χ0) is 18.2. The number of hydrogen-bond donors (Lipinski definition) is 4. The van der Waals surface area contributed by atoms with Gasteiger partial charge in [0.25, 0.3) is 5.91 Å². The molecule has 0 bridgehead atoms. The molecule has 10 heteroatoms. The topological polar surface area (TPSA) is 162 Å². The molecule has 0 saturated carbocycles. The van der Waals surface area contributed by atoms with Gasteiger partial charge in [0.2, 0.25) is 10.0 Å². The highest BCUT2D eigenvalue weighted by atomic mass is 32.2. The maximum atomic E-state index is 11.7. The summed E-state index contributed by atoms with van der Waals surface area (Å²) in [6.07, 6.45) is 1.33. The number of aliphatic carboxylic acids is 1. The van der Waals surface area contributed by atoms with Crippen LogP contribution in [0, 0.1) is 11.3 Å². The summed E-state index contributed by atoms with van der Waals surface area (Å²) in [5, 5.41) is 27.5. The normalized spacial score (nSPS) is 11.4. The Morgan fingerprint density at radius 2 is 1.92 bits per heavy atom. The molecule has 128 valence electrons. The first-order valence-electron chi connectivity index (χ1n) is 6.73. The number of primary sulfonamides is 1. The van der Waals surface area contributed by atoms with Crippen LogP contribution in [0.5, 0.6) is 0 Å². The summed E-state index contributed by atoms with van der Waals surface area (Å²) < 4.78 is 22.3. The summed E-state index contributed by atoms with van der Waals surface area (Å²) in [7, 11) is -3.79. The molecule has 9 nitrogen and oxygen atoms in total. The Kier molecular flexibility index (Phi) is 6.91. The van der Waals surface area contributed by atoms with Crippen LogP contribution in [0.1, 0.15) is 12.8 Å². The van der Waals surface area contributed by atoms with Gasteiger partial charge < -0.3 is 15.7 Å². The van der Waals surface area contributed by atoms with Crippen molar-refractivity contribution in [3.05, 3.63) is 36.0 Å². The van der Waals surface area contributed by atoms with Gasteiger partial charge in [0, 0.05) is 24.9 Å². The molecule has 0 fully saturated rings. The van der Waals surface area contributed by atoms with Crippen LogP contribution in [-0.4, -0.2) is 31.9 Å². The maximum Gasteiger partial charge on any atom is 0.303 e. The Morgan fingerprint density at radius 1 is 1.29 bits per heavy atom. The summed E-state index contributed by atoms with van der Waals surface area (Å²) in [6, 6.07) is 7.13. The Morgan fingerprint density at radius 3 is 2.42 bits per heavy atom. The molecule has 0 aromatic heterocycles. The van der Waals surface area contributed by atoms with Gasteiger partial charge in [0.05, 0.1) is 4.90 Å². The van der Waals surface area contributed by atoms with Crippen molar-refractivity contribution in [3.63, 3.8) is 0 Å². The lowest BCUT2D eigenvalue weighted by atomic mass is 10.2. The van der Waals surface area contributed by atoms with E-state index in [1.54, 1.807) is 6.07 Å². The van der Waals surface area contributed by atoms with Gasteiger partial charge in [-0.15, -0.1) is 0 Å². The first-order chi connectivity index (χ1) is 11.2. The number of benzene rings is 1. The number of carboxylic acid groups (broad SMARTS) is 1. The number of rotatable bonds is 8. The molecule has 0 aliphatic carbocycles. The molecule has 1 aromatic carbocycles. The fraction of sp³-hybridized carbons (Fsp3) is 0.214. The van der Waals surface area contributed by atoms with Crippen LogP contribution >= 0.6 is 0 Å². The highest BCUT2D eigenvalue weighted by Gasteiger charge is 2.09. The molecule has 1 aromatic rings. The van der Waals surface area contributed by atoms with Crippen molar-refractivity contribution >= 4 is 27.6 Å². The second-order valence-electron chi connectivity index (χ2n) is 4.64. The van der Waals surface area contributed by atoms with Crippen molar-refractivity contribution in [2.45, 2.75) is 17.7 Å². The Balaban J connectivity index is 2.64. The number of amides is 1. The minimum absolute atomic E-state index is 0.0614. The van der Waals surface area contributed by atoms with Gasteiger partial charge in [0.15, 0.2) is 0 Å². The minimum Gasteiger partial charge on any atom is -0.481 e. The molecule has 0 spiro atoms. The number of hydrogen-bond acceptors (Lipinski definition) is 6. The van der Waals surface area contributed by atoms with Crippen molar-refractivity contribution in [3.8, 4) is 6.07 Å². The molecular weight excluding hydrogens is 336 g/mol. The quantitative estimate of drug-likeness (QED) is 0.293. The van der Waals surface area contributed by atoms with Gasteiger partial charge in [-0.25, -0.2) is 13.6 Å². The molecule has 24 heavy (non-hydrogen) atoms. The summed E-state index contributed by atoms with van der Waals surface area (Å²) in [4.78, 5) is 22.0. The molecule has 0 heterocycles. The molecular formula is C14H16N4O5S. The van der Waals surface area contributed by atoms with Crippen LogP contribution in [0.15, 0.2) is 40.9 Å². The van der Waals surface area contributed by atoms with E-state index in [1.165, 1.54) is 30.5 Å². The molecule has 1 rings (SSSR count). The number of carbonyl (C=O) groups is 2. The van der Waals surface area contributed by atoms with E-state index in [1.807, 2.05) is 0 Å². The average molecular weight is 352 g/mol. The molecule has 0 saturated heterocycles. The molecule has 0 unspecified atom stereocenters. The van der Waals surface area contributed by atoms with E-state index in [-0.39, 0.29) is 29.9 Å². The van der Waals surface area contributed by atoms with Crippen LogP contribution in [0.4, 0.5) is 5.69 Å². The van der Waals surface area contributed by atoms with Gasteiger partial charge in [-0.05, 0) is 30.7 Å². The highest BCUT2D eigenvalue weighted by Crippen LogP contribution is 2.13. The minimum atomic E-state index is -3.79. The van der Waals surface area contributed by atoms with Crippen LogP contribution in [0.25, 0.3) is 0 Å². The summed E-state index contributed by atoms with van der Waals surface area (Å²) in [5.74, 6) is -1.61. The second-order valence-corrected chi connectivity index (χ2v) is 6.20.